The topological polar surface area (TPSA) is 59.2 Å². The molecule has 0 radical (unpaired) electrons. The number of hydrogen-bond donors (Lipinski definition) is 1. The Hall–Kier alpha value is -2.27. The molecule has 1 aromatic heterocycles. The van der Waals surface area contributed by atoms with Crippen LogP contribution in [0.3, 0.4) is 0 Å². The van der Waals surface area contributed by atoms with Gasteiger partial charge in [-0.2, -0.15) is 0 Å². The number of amides is 1. The van der Waals surface area contributed by atoms with Gasteiger partial charge in [-0.15, -0.1) is 0 Å². The number of pyridine rings is 1. The Kier molecular flexibility index (Phi) is 7.04. The summed E-state index contributed by atoms with van der Waals surface area (Å²) in [5, 5.41) is -0.0254. The van der Waals surface area contributed by atoms with Crippen LogP contribution in [0, 0.1) is 0 Å². The fourth-order valence-electron chi connectivity index (χ4n) is 1.51. The SMILES string of the molecule is CCC.NC(=S)N(C(=O)c1ccccc1)c1ccccn1. The first-order valence-electron chi connectivity index (χ1n) is 6.71. The van der Waals surface area contributed by atoms with Gasteiger partial charge in [-0.1, -0.05) is 44.5 Å². The highest BCUT2D eigenvalue weighted by Crippen LogP contribution is 2.13. The molecule has 0 unspecified atom stereocenters. The van der Waals surface area contributed by atoms with Crippen LogP contribution < -0.4 is 10.6 Å². The van der Waals surface area contributed by atoms with Crippen molar-refractivity contribution < 1.29 is 4.79 Å². The number of hydrogen-bond acceptors (Lipinski definition) is 3. The number of carbonyl (C=O) groups is 1. The average Bonchev–Trinajstić information content (AvgIpc) is 2.50. The molecule has 1 aromatic carbocycles. The molecule has 110 valence electrons. The van der Waals surface area contributed by atoms with Crippen molar-refractivity contribution in [3.05, 3.63) is 60.3 Å². The largest absolute Gasteiger partial charge is 0.375 e. The Balaban J connectivity index is 0.000000677. The number of anilines is 1. The lowest BCUT2D eigenvalue weighted by atomic mass is 10.2. The van der Waals surface area contributed by atoms with Gasteiger partial charge >= 0.3 is 0 Å². The molecule has 0 saturated heterocycles. The van der Waals surface area contributed by atoms with Crippen molar-refractivity contribution in [2.75, 3.05) is 4.90 Å². The number of carbonyl (C=O) groups excluding carboxylic acids is 1. The minimum Gasteiger partial charge on any atom is -0.375 e. The van der Waals surface area contributed by atoms with Crippen molar-refractivity contribution in [1.29, 1.82) is 0 Å². The van der Waals surface area contributed by atoms with Gasteiger partial charge < -0.3 is 5.73 Å². The maximum Gasteiger partial charge on any atom is 0.265 e. The van der Waals surface area contributed by atoms with Gasteiger partial charge in [0, 0.05) is 11.8 Å². The summed E-state index contributed by atoms with van der Waals surface area (Å²) in [6, 6.07) is 14.0. The van der Waals surface area contributed by atoms with Crippen molar-refractivity contribution in [2.45, 2.75) is 20.3 Å². The van der Waals surface area contributed by atoms with E-state index < -0.39 is 0 Å². The highest BCUT2D eigenvalue weighted by Gasteiger charge is 2.20. The van der Waals surface area contributed by atoms with Crippen molar-refractivity contribution in [3.8, 4) is 0 Å². The normalized spacial score (nSPS) is 9.24. The number of thiocarbonyl (C=S) groups is 1. The lowest BCUT2D eigenvalue weighted by Gasteiger charge is -2.19. The van der Waals surface area contributed by atoms with Gasteiger partial charge in [0.2, 0.25) is 0 Å². The van der Waals surface area contributed by atoms with Gasteiger partial charge in [0.1, 0.15) is 5.82 Å². The molecule has 2 aromatic rings. The van der Waals surface area contributed by atoms with E-state index >= 15 is 0 Å². The van der Waals surface area contributed by atoms with Crippen LogP contribution in [0.5, 0.6) is 0 Å². The zero-order valence-corrected chi connectivity index (χ0v) is 13.0. The van der Waals surface area contributed by atoms with E-state index in [-0.39, 0.29) is 11.0 Å². The molecule has 1 heterocycles. The lowest BCUT2D eigenvalue weighted by molar-refractivity contribution is 0.100. The van der Waals surface area contributed by atoms with Crippen molar-refractivity contribution in [2.24, 2.45) is 5.73 Å². The minimum atomic E-state index is -0.290. The molecule has 0 bridgehead atoms. The smallest absolute Gasteiger partial charge is 0.265 e. The van der Waals surface area contributed by atoms with E-state index in [1.54, 1.807) is 48.7 Å². The van der Waals surface area contributed by atoms with Crippen molar-refractivity contribution in [3.63, 3.8) is 0 Å². The van der Waals surface area contributed by atoms with Crippen molar-refractivity contribution >= 4 is 29.1 Å². The van der Waals surface area contributed by atoms with Gasteiger partial charge in [-0.3, -0.25) is 4.79 Å². The summed E-state index contributed by atoms with van der Waals surface area (Å²) in [6.07, 6.45) is 2.83. The van der Waals surface area contributed by atoms with E-state index in [0.717, 1.165) is 0 Å². The molecule has 0 atom stereocenters. The molecule has 0 aliphatic rings. The first kappa shape index (κ1) is 16.8. The summed E-state index contributed by atoms with van der Waals surface area (Å²) in [5.41, 5.74) is 6.11. The Morgan fingerprint density at radius 3 is 2.19 bits per heavy atom. The molecule has 0 fully saturated rings. The van der Waals surface area contributed by atoms with Gasteiger partial charge in [-0.25, -0.2) is 9.88 Å². The molecule has 2 rings (SSSR count). The molecule has 21 heavy (non-hydrogen) atoms. The Labute approximate surface area is 130 Å². The van der Waals surface area contributed by atoms with Crippen LogP contribution in [0.4, 0.5) is 5.82 Å². The minimum absolute atomic E-state index is 0.0254. The Morgan fingerprint density at radius 2 is 1.71 bits per heavy atom. The van der Waals surface area contributed by atoms with Gasteiger partial charge in [0.05, 0.1) is 0 Å². The number of rotatable bonds is 2. The number of nitrogens with zero attached hydrogens (tertiary/aromatic N) is 2. The van der Waals surface area contributed by atoms with Crippen LogP contribution in [0.15, 0.2) is 54.7 Å². The van der Waals surface area contributed by atoms with Gasteiger partial charge in [0.15, 0.2) is 5.11 Å². The first-order valence-corrected chi connectivity index (χ1v) is 7.12. The summed E-state index contributed by atoms with van der Waals surface area (Å²) in [6.45, 7) is 4.25. The molecular formula is C16H19N3OS. The zero-order chi connectivity index (χ0) is 15.7. The first-order chi connectivity index (χ1) is 10.1. The quantitative estimate of drug-likeness (QED) is 0.864. The maximum absolute atomic E-state index is 12.3. The van der Waals surface area contributed by atoms with Crippen LogP contribution in [-0.2, 0) is 0 Å². The van der Waals surface area contributed by atoms with E-state index in [2.05, 4.69) is 18.8 Å². The fraction of sp³-hybridized carbons (Fsp3) is 0.188. The second-order valence-corrected chi connectivity index (χ2v) is 4.66. The third-order valence-electron chi connectivity index (χ3n) is 2.32. The summed E-state index contributed by atoms with van der Waals surface area (Å²) in [4.78, 5) is 17.6. The third kappa shape index (κ3) is 4.96. The second-order valence-electron chi connectivity index (χ2n) is 4.24. The third-order valence-corrected chi connectivity index (χ3v) is 2.51. The van der Waals surface area contributed by atoms with Crippen LogP contribution in [0.1, 0.15) is 30.6 Å². The highest BCUT2D eigenvalue weighted by molar-refractivity contribution is 7.80. The van der Waals surface area contributed by atoms with E-state index in [1.807, 2.05) is 6.07 Å². The zero-order valence-electron chi connectivity index (χ0n) is 12.2. The number of nitrogens with two attached hydrogens (primary N) is 1. The van der Waals surface area contributed by atoms with E-state index in [0.29, 0.717) is 11.4 Å². The lowest BCUT2D eigenvalue weighted by Crippen LogP contribution is -2.41. The monoisotopic (exact) mass is 301 g/mol. The molecular weight excluding hydrogens is 282 g/mol. The predicted molar refractivity (Wildman–Crippen MR) is 90.2 cm³/mol. The second kappa shape index (κ2) is 8.81. The number of benzene rings is 1. The van der Waals surface area contributed by atoms with Crippen LogP contribution in [0.2, 0.25) is 0 Å². The highest BCUT2D eigenvalue weighted by atomic mass is 32.1. The molecule has 2 N–H and O–H groups in total. The van der Waals surface area contributed by atoms with Crippen LogP contribution >= 0.6 is 12.2 Å². The maximum atomic E-state index is 12.3. The number of aromatic nitrogens is 1. The average molecular weight is 301 g/mol. The predicted octanol–water partition coefficient (Wildman–Crippen LogP) is 3.39. The summed E-state index contributed by atoms with van der Waals surface area (Å²) in [5.74, 6) is 0.126. The van der Waals surface area contributed by atoms with Crippen LogP contribution in [-0.4, -0.2) is 16.0 Å². The molecule has 1 amide bonds. The molecule has 0 saturated carbocycles. The van der Waals surface area contributed by atoms with Gasteiger partial charge in [-0.05, 0) is 36.5 Å². The van der Waals surface area contributed by atoms with E-state index in [1.165, 1.54) is 11.3 Å². The van der Waals surface area contributed by atoms with E-state index in [9.17, 15) is 4.79 Å². The molecule has 0 aliphatic heterocycles. The van der Waals surface area contributed by atoms with Crippen LogP contribution in [0.25, 0.3) is 0 Å². The summed E-state index contributed by atoms with van der Waals surface area (Å²) >= 11 is 4.92. The Morgan fingerprint density at radius 1 is 1.14 bits per heavy atom. The molecule has 0 aliphatic carbocycles. The molecule has 4 nitrogen and oxygen atoms in total. The molecule has 0 spiro atoms. The standard InChI is InChI=1S/C13H11N3OS.C3H8/c14-13(18)16(11-8-4-5-9-15-11)12(17)10-6-2-1-3-7-10;1-3-2/h1-9H,(H2,14,18);3H2,1-2H3. The van der Waals surface area contributed by atoms with E-state index in [4.69, 9.17) is 18.0 Å². The summed E-state index contributed by atoms with van der Waals surface area (Å²) < 4.78 is 0. The fourth-order valence-corrected chi connectivity index (χ4v) is 1.69. The molecule has 5 heteroatoms. The Bertz CT molecular complexity index is 573. The van der Waals surface area contributed by atoms with Gasteiger partial charge in [0.25, 0.3) is 5.91 Å². The van der Waals surface area contributed by atoms with Crippen molar-refractivity contribution in [1.82, 2.24) is 4.98 Å². The summed E-state index contributed by atoms with van der Waals surface area (Å²) in [7, 11) is 0.